The molecule has 0 saturated carbocycles. The number of esters is 1. The van der Waals surface area contributed by atoms with Gasteiger partial charge in [0.2, 0.25) is 0 Å². The van der Waals surface area contributed by atoms with Crippen LogP contribution in [0.15, 0.2) is 0 Å². The number of carbonyl (C=O) groups excluding carboxylic acids is 2. The second kappa shape index (κ2) is 3.67. The first-order valence-electron chi connectivity index (χ1n) is 3.99. The van der Waals surface area contributed by atoms with Gasteiger partial charge in [-0.05, 0) is 0 Å². The van der Waals surface area contributed by atoms with Crippen LogP contribution in [0.3, 0.4) is 0 Å². The van der Waals surface area contributed by atoms with E-state index in [1.54, 1.807) is 0 Å². The number of piperidine rings is 1. The first kappa shape index (κ1) is 9.19. The van der Waals surface area contributed by atoms with Crippen LogP contribution in [0.25, 0.3) is 0 Å². The van der Waals surface area contributed by atoms with Crippen LogP contribution in [0.1, 0.15) is 6.92 Å². The fraction of sp³-hybridized carbons (Fsp3) is 0.750. The maximum atomic E-state index is 11.4. The molecule has 0 spiro atoms. The normalized spacial score (nSPS) is 30.0. The summed E-state index contributed by atoms with van der Waals surface area (Å²) < 4.78 is 4.51. The molecule has 0 aromatic heterocycles. The molecular weight excluding hydrogens is 158 g/mol. The van der Waals surface area contributed by atoms with Crippen LogP contribution in [-0.4, -0.2) is 32.0 Å². The summed E-state index contributed by atoms with van der Waals surface area (Å²) in [5.74, 6) is -1.12. The van der Waals surface area contributed by atoms with Crippen molar-refractivity contribution < 1.29 is 14.3 Å². The van der Waals surface area contributed by atoms with Crippen LogP contribution < -0.4 is 5.32 Å². The summed E-state index contributed by atoms with van der Waals surface area (Å²) in [6.45, 7) is 2.88. The molecule has 1 saturated heterocycles. The number of nitrogens with one attached hydrogen (secondary N) is 1. The summed E-state index contributed by atoms with van der Waals surface area (Å²) in [6, 6.07) is 0. The number of hydrogen-bond donors (Lipinski definition) is 1. The zero-order valence-corrected chi connectivity index (χ0v) is 7.29. The molecule has 0 bridgehead atoms. The van der Waals surface area contributed by atoms with Gasteiger partial charge in [0.15, 0.2) is 5.78 Å². The largest absolute Gasteiger partial charge is 0.468 e. The van der Waals surface area contributed by atoms with Gasteiger partial charge < -0.3 is 10.1 Å². The molecule has 0 aromatic carbocycles. The second-order valence-corrected chi connectivity index (χ2v) is 3.04. The minimum absolute atomic E-state index is 0.0133. The molecule has 1 heterocycles. The fourth-order valence-corrected chi connectivity index (χ4v) is 1.33. The van der Waals surface area contributed by atoms with Crippen molar-refractivity contribution in [1.82, 2.24) is 5.32 Å². The average Bonchev–Trinajstić information content (AvgIpc) is 2.08. The van der Waals surface area contributed by atoms with Crippen LogP contribution >= 0.6 is 0 Å². The first-order valence-corrected chi connectivity index (χ1v) is 3.99. The Morgan fingerprint density at radius 1 is 1.58 bits per heavy atom. The molecule has 1 N–H and O–H groups in total. The van der Waals surface area contributed by atoms with Crippen molar-refractivity contribution in [2.75, 3.05) is 20.2 Å². The summed E-state index contributed by atoms with van der Waals surface area (Å²) in [5.41, 5.74) is 0. The third-order valence-electron chi connectivity index (χ3n) is 2.11. The van der Waals surface area contributed by atoms with Crippen molar-refractivity contribution in [2.24, 2.45) is 11.8 Å². The van der Waals surface area contributed by atoms with Gasteiger partial charge in [-0.1, -0.05) is 6.92 Å². The molecular formula is C8H13NO3. The summed E-state index contributed by atoms with van der Waals surface area (Å²) in [4.78, 5) is 22.4. The highest BCUT2D eigenvalue weighted by molar-refractivity contribution is 6.00. The van der Waals surface area contributed by atoms with Gasteiger partial charge in [-0.15, -0.1) is 0 Å². The van der Waals surface area contributed by atoms with E-state index >= 15 is 0 Å². The molecule has 12 heavy (non-hydrogen) atoms. The van der Waals surface area contributed by atoms with E-state index < -0.39 is 11.9 Å². The lowest BCUT2D eigenvalue weighted by Crippen LogP contribution is -2.46. The molecule has 0 aromatic rings. The fourth-order valence-electron chi connectivity index (χ4n) is 1.33. The average molecular weight is 171 g/mol. The third kappa shape index (κ3) is 1.64. The standard InChI is InChI=1S/C8H13NO3/c1-5-3-9-4-6(7(5)10)8(11)12-2/h5-6,9H,3-4H2,1-2H3/t5-,6-/m1/s1. The molecule has 1 aliphatic rings. The van der Waals surface area contributed by atoms with Gasteiger partial charge in [-0.25, -0.2) is 0 Å². The Morgan fingerprint density at radius 2 is 2.25 bits per heavy atom. The van der Waals surface area contributed by atoms with E-state index in [2.05, 4.69) is 10.1 Å². The molecule has 2 atom stereocenters. The van der Waals surface area contributed by atoms with Crippen LogP contribution in [0.5, 0.6) is 0 Å². The SMILES string of the molecule is COC(=O)[C@@H]1CNC[C@@H](C)C1=O. The topological polar surface area (TPSA) is 55.4 Å². The summed E-state index contributed by atoms with van der Waals surface area (Å²) >= 11 is 0. The summed E-state index contributed by atoms with van der Waals surface area (Å²) in [5, 5.41) is 3.01. The number of Topliss-reactive ketones (excluding diaryl/α,β-unsaturated/α-hetero) is 1. The predicted octanol–water partition coefficient (Wildman–Crippen LogP) is -0.416. The van der Waals surface area contributed by atoms with E-state index in [0.29, 0.717) is 13.1 Å². The van der Waals surface area contributed by atoms with Gasteiger partial charge in [0, 0.05) is 19.0 Å². The summed E-state index contributed by atoms with van der Waals surface area (Å²) in [6.07, 6.45) is 0. The van der Waals surface area contributed by atoms with E-state index in [-0.39, 0.29) is 11.7 Å². The van der Waals surface area contributed by atoms with Gasteiger partial charge in [-0.2, -0.15) is 0 Å². The van der Waals surface area contributed by atoms with Crippen molar-refractivity contribution >= 4 is 11.8 Å². The number of rotatable bonds is 1. The molecule has 0 aliphatic carbocycles. The van der Waals surface area contributed by atoms with Gasteiger partial charge in [-0.3, -0.25) is 9.59 Å². The van der Waals surface area contributed by atoms with Crippen LogP contribution in [0.2, 0.25) is 0 Å². The highest BCUT2D eigenvalue weighted by Crippen LogP contribution is 2.12. The Balaban J connectivity index is 2.64. The van der Waals surface area contributed by atoms with Crippen molar-refractivity contribution in [3.05, 3.63) is 0 Å². The number of hydrogen-bond acceptors (Lipinski definition) is 4. The molecule has 1 aliphatic heterocycles. The maximum absolute atomic E-state index is 11.4. The third-order valence-corrected chi connectivity index (χ3v) is 2.11. The minimum atomic E-state index is -0.598. The van der Waals surface area contributed by atoms with Crippen molar-refractivity contribution in [2.45, 2.75) is 6.92 Å². The number of methoxy groups -OCH3 is 1. The Morgan fingerprint density at radius 3 is 2.83 bits per heavy atom. The molecule has 0 unspecified atom stereocenters. The predicted molar refractivity (Wildman–Crippen MR) is 42.5 cm³/mol. The Bertz CT molecular complexity index is 202. The van der Waals surface area contributed by atoms with E-state index in [4.69, 9.17) is 0 Å². The monoisotopic (exact) mass is 171 g/mol. The zero-order chi connectivity index (χ0) is 9.14. The van der Waals surface area contributed by atoms with Crippen molar-refractivity contribution in [1.29, 1.82) is 0 Å². The zero-order valence-electron chi connectivity index (χ0n) is 7.29. The Labute approximate surface area is 71.3 Å². The molecule has 0 radical (unpaired) electrons. The van der Waals surface area contributed by atoms with Gasteiger partial charge >= 0.3 is 5.97 Å². The first-order chi connectivity index (χ1) is 5.66. The van der Waals surface area contributed by atoms with E-state index in [0.717, 1.165) is 0 Å². The number of ketones is 1. The molecule has 1 rings (SSSR count). The number of ether oxygens (including phenoxy) is 1. The molecule has 4 heteroatoms. The lowest BCUT2D eigenvalue weighted by atomic mass is 9.90. The van der Waals surface area contributed by atoms with E-state index in [1.165, 1.54) is 7.11 Å². The minimum Gasteiger partial charge on any atom is -0.468 e. The second-order valence-electron chi connectivity index (χ2n) is 3.04. The van der Waals surface area contributed by atoms with Crippen LogP contribution in [0, 0.1) is 11.8 Å². The van der Waals surface area contributed by atoms with Crippen molar-refractivity contribution in [3.8, 4) is 0 Å². The number of carbonyl (C=O) groups is 2. The Hall–Kier alpha value is -0.900. The highest BCUT2D eigenvalue weighted by Gasteiger charge is 2.33. The van der Waals surface area contributed by atoms with E-state index in [9.17, 15) is 9.59 Å². The van der Waals surface area contributed by atoms with Gasteiger partial charge in [0.1, 0.15) is 5.92 Å². The highest BCUT2D eigenvalue weighted by atomic mass is 16.5. The molecule has 0 amide bonds. The lowest BCUT2D eigenvalue weighted by Gasteiger charge is -2.24. The van der Waals surface area contributed by atoms with Crippen molar-refractivity contribution in [3.63, 3.8) is 0 Å². The lowest BCUT2D eigenvalue weighted by molar-refractivity contribution is -0.151. The van der Waals surface area contributed by atoms with Crippen LogP contribution in [-0.2, 0) is 14.3 Å². The van der Waals surface area contributed by atoms with Crippen LogP contribution in [0.4, 0.5) is 0 Å². The van der Waals surface area contributed by atoms with Gasteiger partial charge in [0.25, 0.3) is 0 Å². The quantitative estimate of drug-likeness (QED) is 0.430. The van der Waals surface area contributed by atoms with E-state index in [1.807, 2.05) is 6.92 Å². The smallest absolute Gasteiger partial charge is 0.317 e. The maximum Gasteiger partial charge on any atom is 0.317 e. The molecule has 68 valence electrons. The summed E-state index contributed by atoms with van der Waals surface area (Å²) in [7, 11) is 1.30. The van der Waals surface area contributed by atoms with Gasteiger partial charge in [0.05, 0.1) is 7.11 Å². The molecule has 1 fully saturated rings. The molecule has 4 nitrogen and oxygen atoms in total. The Kier molecular flexibility index (Phi) is 2.81.